The number of nitrogens with one attached hydrogen (secondary N) is 1. The first-order valence-electron chi connectivity index (χ1n) is 9.83. The van der Waals surface area contributed by atoms with Crippen molar-refractivity contribution < 1.29 is 9.90 Å². The molecule has 1 amide bonds. The minimum atomic E-state index is -0.355. The van der Waals surface area contributed by atoms with Crippen LogP contribution >= 0.6 is 0 Å². The second-order valence-electron chi connectivity index (χ2n) is 8.02. The lowest BCUT2D eigenvalue weighted by Crippen LogP contribution is -2.22. The van der Waals surface area contributed by atoms with Gasteiger partial charge in [0, 0.05) is 28.7 Å². The van der Waals surface area contributed by atoms with Gasteiger partial charge in [-0.25, -0.2) is 9.50 Å². The highest BCUT2D eigenvalue weighted by molar-refractivity contribution is 6.04. The van der Waals surface area contributed by atoms with E-state index < -0.39 is 0 Å². The van der Waals surface area contributed by atoms with E-state index in [-0.39, 0.29) is 17.9 Å². The predicted octanol–water partition coefficient (Wildman–Crippen LogP) is 4.23. The summed E-state index contributed by atoms with van der Waals surface area (Å²) in [6, 6.07) is 20.9. The molecule has 152 valence electrons. The molecule has 2 aromatic carbocycles. The molecule has 2 N–H and O–H groups in total. The van der Waals surface area contributed by atoms with E-state index in [1.54, 1.807) is 16.6 Å². The third-order valence-electron chi connectivity index (χ3n) is 5.18. The normalized spacial score (nSPS) is 11.6. The van der Waals surface area contributed by atoms with Gasteiger partial charge in [0.1, 0.15) is 5.82 Å². The fourth-order valence-corrected chi connectivity index (χ4v) is 3.32. The van der Waals surface area contributed by atoms with Crippen LogP contribution < -0.4 is 5.32 Å². The fraction of sp³-hybridized carbons (Fsp3) is 0.208. The number of anilines is 1. The number of aryl methyl sites for hydroxylation is 1. The van der Waals surface area contributed by atoms with Crippen molar-refractivity contribution in [1.29, 1.82) is 0 Å². The van der Waals surface area contributed by atoms with Crippen LogP contribution in [0.1, 0.15) is 35.5 Å². The number of aliphatic hydroxyl groups excluding tert-OH is 1. The number of hydrogen-bond donors (Lipinski definition) is 2. The second-order valence-corrected chi connectivity index (χ2v) is 8.02. The first-order chi connectivity index (χ1) is 14.4. The molecule has 0 bridgehead atoms. The number of carbonyl (C=O) groups is 1. The largest absolute Gasteiger partial charge is 0.395 e. The van der Waals surface area contributed by atoms with Crippen molar-refractivity contribution in [3.05, 3.63) is 83.6 Å². The fourth-order valence-electron chi connectivity index (χ4n) is 3.32. The lowest BCUT2D eigenvalue weighted by molar-refractivity contribution is 0.102. The molecule has 0 aliphatic rings. The summed E-state index contributed by atoms with van der Waals surface area (Å²) in [4.78, 5) is 17.4. The Labute approximate surface area is 175 Å². The van der Waals surface area contributed by atoms with Gasteiger partial charge in [-0.05, 0) is 24.6 Å². The molecular weight excluding hydrogens is 376 g/mol. The molecule has 0 saturated carbocycles. The van der Waals surface area contributed by atoms with Gasteiger partial charge < -0.3 is 10.4 Å². The molecule has 0 fully saturated rings. The van der Waals surface area contributed by atoms with Gasteiger partial charge >= 0.3 is 0 Å². The number of rotatable bonds is 5. The summed E-state index contributed by atoms with van der Waals surface area (Å²) in [6.07, 6.45) is 0. The zero-order valence-electron chi connectivity index (χ0n) is 17.3. The van der Waals surface area contributed by atoms with Crippen LogP contribution in [0.5, 0.6) is 0 Å². The molecule has 0 atom stereocenters. The van der Waals surface area contributed by atoms with Crippen molar-refractivity contribution in [3.63, 3.8) is 0 Å². The van der Waals surface area contributed by atoms with E-state index in [4.69, 9.17) is 0 Å². The third-order valence-corrected chi connectivity index (χ3v) is 5.18. The lowest BCUT2D eigenvalue weighted by atomic mass is 9.85. The summed E-state index contributed by atoms with van der Waals surface area (Å²) in [6.45, 7) is 5.87. The van der Waals surface area contributed by atoms with Crippen LogP contribution in [-0.4, -0.2) is 32.2 Å². The predicted molar refractivity (Wildman–Crippen MR) is 118 cm³/mol. The summed E-state index contributed by atoms with van der Waals surface area (Å²) >= 11 is 0. The van der Waals surface area contributed by atoms with Crippen LogP contribution in [0.2, 0.25) is 0 Å². The number of amides is 1. The van der Waals surface area contributed by atoms with Crippen LogP contribution in [-0.2, 0) is 5.41 Å². The van der Waals surface area contributed by atoms with Crippen molar-refractivity contribution in [3.8, 4) is 11.3 Å². The maximum Gasteiger partial charge on any atom is 0.256 e. The Morgan fingerprint density at radius 3 is 2.43 bits per heavy atom. The number of fused-ring (bicyclic) bond motifs is 1. The van der Waals surface area contributed by atoms with Crippen LogP contribution in [0, 0.1) is 6.92 Å². The van der Waals surface area contributed by atoms with Crippen molar-refractivity contribution >= 4 is 17.4 Å². The zero-order chi connectivity index (χ0) is 21.3. The van der Waals surface area contributed by atoms with Crippen LogP contribution in [0.25, 0.3) is 16.9 Å². The summed E-state index contributed by atoms with van der Waals surface area (Å²) in [5.74, 6) is 0.224. The van der Waals surface area contributed by atoms with E-state index >= 15 is 0 Å². The molecule has 6 heteroatoms. The molecule has 0 saturated heterocycles. The molecule has 0 radical (unpaired) electrons. The molecule has 0 aliphatic carbocycles. The van der Waals surface area contributed by atoms with Crippen molar-refractivity contribution in [2.45, 2.75) is 26.2 Å². The monoisotopic (exact) mass is 400 g/mol. The lowest BCUT2D eigenvalue weighted by Gasteiger charge is -2.22. The van der Waals surface area contributed by atoms with E-state index in [9.17, 15) is 9.90 Å². The number of carbonyl (C=O) groups excluding carboxylic acids is 1. The van der Waals surface area contributed by atoms with Gasteiger partial charge in [0.2, 0.25) is 0 Å². The van der Waals surface area contributed by atoms with Crippen LogP contribution in [0.3, 0.4) is 0 Å². The topological polar surface area (TPSA) is 79.5 Å². The van der Waals surface area contributed by atoms with E-state index in [1.165, 1.54) is 0 Å². The van der Waals surface area contributed by atoms with Gasteiger partial charge in [-0.15, -0.1) is 0 Å². The molecule has 0 unspecified atom stereocenters. The molecule has 2 aromatic heterocycles. The maximum absolute atomic E-state index is 12.8. The first-order valence-corrected chi connectivity index (χ1v) is 9.83. The Hall–Kier alpha value is -3.51. The highest BCUT2D eigenvalue weighted by atomic mass is 16.3. The molecule has 4 aromatic rings. The number of hydrogen-bond acceptors (Lipinski definition) is 4. The summed E-state index contributed by atoms with van der Waals surface area (Å²) < 4.78 is 1.78. The van der Waals surface area contributed by atoms with Crippen LogP contribution in [0.15, 0.2) is 66.7 Å². The highest BCUT2D eigenvalue weighted by Crippen LogP contribution is 2.25. The minimum Gasteiger partial charge on any atom is -0.395 e. The smallest absolute Gasteiger partial charge is 0.256 e. The summed E-state index contributed by atoms with van der Waals surface area (Å²) in [5.41, 5.74) is 4.51. The van der Waals surface area contributed by atoms with E-state index in [1.807, 2.05) is 75.4 Å². The molecule has 0 spiro atoms. The van der Waals surface area contributed by atoms with Crippen molar-refractivity contribution in [1.82, 2.24) is 14.6 Å². The van der Waals surface area contributed by atoms with Gasteiger partial charge in [0.05, 0.1) is 18.0 Å². The van der Waals surface area contributed by atoms with Crippen molar-refractivity contribution in [2.75, 3.05) is 11.9 Å². The Kier molecular flexibility index (Phi) is 5.10. The molecule has 4 rings (SSSR count). The maximum atomic E-state index is 12.8. The Balaban J connectivity index is 1.66. The molecule has 2 heterocycles. The summed E-state index contributed by atoms with van der Waals surface area (Å²) in [5, 5.41) is 17.0. The number of nitrogens with zero attached hydrogens (tertiary/aromatic N) is 3. The average molecular weight is 400 g/mol. The minimum absolute atomic E-state index is 0.0372. The number of benzene rings is 2. The van der Waals surface area contributed by atoms with Crippen molar-refractivity contribution in [2.24, 2.45) is 0 Å². The van der Waals surface area contributed by atoms with Gasteiger partial charge in [0.15, 0.2) is 5.65 Å². The van der Waals surface area contributed by atoms with E-state index in [0.717, 1.165) is 22.5 Å². The standard InChI is InChI=1S/C24H24N4O2/c1-16-13-22-25-21(14-20(28(22)27-16)17-7-5-4-6-8-17)26-23(30)18-9-11-19(12-10-18)24(2,3)15-29/h4-14,29H,15H2,1-3H3,(H,25,26,30). The van der Waals surface area contributed by atoms with Gasteiger partial charge in [0.25, 0.3) is 5.91 Å². The number of aliphatic hydroxyl groups is 1. The average Bonchev–Trinajstić information content (AvgIpc) is 3.14. The van der Waals surface area contributed by atoms with Gasteiger partial charge in [-0.1, -0.05) is 56.3 Å². The van der Waals surface area contributed by atoms with Gasteiger partial charge in [-0.2, -0.15) is 5.10 Å². The SMILES string of the molecule is Cc1cc2nc(NC(=O)c3ccc(C(C)(C)CO)cc3)cc(-c3ccccc3)n2n1. The van der Waals surface area contributed by atoms with Gasteiger partial charge in [-0.3, -0.25) is 4.79 Å². The highest BCUT2D eigenvalue weighted by Gasteiger charge is 2.20. The first kappa shape index (κ1) is 19.8. The molecule has 6 nitrogen and oxygen atoms in total. The third kappa shape index (κ3) is 3.82. The second kappa shape index (κ2) is 7.72. The van der Waals surface area contributed by atoms with E-state index in [0.29, 0.717) is 17.0 Å². The Morgan fingerprint density at radius 1 is 1.07 bits per heavy atom. The number of aromatic nitrogens is 3. The molecule has 0 aliphatic heterocycles. The molecular formula is C24H24N4O2. The Bertz CT molecular complexity index is 1200. The zero-order valence-corrected chi connectivity index (χ0v) is 17.3. The van der Waals surface area contributed by atoms with E-state index in [2.05, 4.69) is 15.4 Å². The molecule has 30 heavy (non-hydrogen) atoms. The van der Waals surface area contributed by atoms with Crippen LogP contribution in [0.4, 0.5) is 5.82 Å². The summed E-state index contributed by atoms with van der Waals surface area (Å²) in [7, 11) is 0. The Morgan fingerprint density at radius 2 is 1.77 bits per heavy atom. The quantitative estimate of drug-likeness (QED) is 0.525.